The number of anilines is 1. The molecule has 0 aliphatic carbocycles. The average molecular weight is 236 g/mol. The van der Waals surface area contributed by atoms with Crippen molar-refractivity contribution in [1.82, 2.24) is 5.16 Å². The van der Waals surface area contributed by atoms with Gasteiger partial charge in [0.15, 0.2) is 11.4 Å². The number of nitrogens with zero attached hydrogens (tertiary/aromatic N) is 1. The summed E-state index contributed by atoms with van der Waals surface area (Å²) in [4.78, 5) is 0. The molecule has 0 amide bonds. The SMILES string of the molecule is Cl.Cl.NCc1ccc2onc(N)c2c1. The molecule has 0 bridgehead atoms. The predicted octanol–water partition coefficient (Wildman–Crippen LogP) is 1.71. The van der Waals surface area contributed by atoms with E-state index >= 15 is 0 Å². The molecule has 2 rings (SSSR count). The molecule has 4 N–H and O–H groups in total. The minimum Gasteiger partial charge on any atom is -0.380 e. The Balaban J connectivity index is 0.000000845. The maximum Gasteiger partial charge on any atom is 0.174 e. The number of nitrogens with two attached hydrogens (primary N) is 2. The zero-order chi connectivity index (χ0) is 8.55. The summed E-state index contributed by atoms with van der Waals surface area (Å²) in [6.45, 7) is 0.501. The van der Waals surface area contributed by atoms with E-state index in [1.165, 1.54) is 0 Å². The Labute approximate surface area is 93.4 Å². The number of halogens is 2. The summed E-state index contributed by atoms with van der Waals surface area (Å²) >= 11 is 0. The van der Waals surface area contributed by atoms with Gasteiger partial charge in [-0.15, -0.1) is 24.8 Å². The Kier molecular flexibility index (Phi) is 4.70. The van der Waals surface area contributed by atoms with Crippen LogP contribution in [-0.2, 0) is 6.54 Å². The molecule has 1 aromatic carbocycles. The van der Waals surface area contributed by atoms with Crippen molar-refractivity contribution >= 4 is 41.6 Å². The summed E-state index contributed by atoms with van der Waals surface area (Å²) < 4.78 is 4.93. The fourth-order valence-electron chi connectivity index (χ4n) is 1.13. The second kappa shape index (κ2) is 5.05. The Hall–Kier alpha value is -0.970. The second-order valence-corrected chi connectivity index (χ2v) is 2.60. The molecule has 0 saturated carbocycles. The van der Waals surface area contributed by atoms with Crippen LogP contribution in [-0.4, -0.2) is 5.16 Å². The molecule has 0 fully saturated rings. The van der Waals surface area contributed by atoms with E-state index in [4.69, 9.17) is 16.0 Å². The van der Waals surface area contributed by atoms with Crippen LogP contribution in [0.15, 0.2) is 22.7 Å². The molecule has 1 aromatic heterocycles. The van der Waals surface area contributed by atoms with Crippen molar-refractivity contribution < 1.29 is 4.52 Å². The van der Waals surface area contributed by atoms with Gasteiger partial charge in [-0.05, 0) is 17.7 Å². The predicted molar refractivity (Wildman–Crippen MR) is 60.8 cm³/mol. The van der Waals surface area contributed by atoms with E-state index in [-0.39, 0.29) is 24.8 Å². The van der Waals surface area contributed by atoms with Gasteiger partial charge in [-0.3, -0.25) is 0 Å². The third-order valence-electron chi connectivity index (χ3n) is 1.80. The Morgan fingerprint density at radius 1 is 1.29 bits per heavy atom. The quantitative estimate of drug-likeness (QED) is 0.789. The lowest BCUT2D eigenvalue weighted by Gasteiger charge is -1.94. The number of nitrogen functional groups attached to an aromatic ring is 1. The largest absolute Gasteiger partial charge is 0.380 e. The molecule has 0 saturated heterocycles. The first-order valence-corrected chi connectivity index (χ1v) is 3.65. The van der Waals surface area contributed by atoms with Crippen molar-refractivity contribution in [3.05, 3.63) is 23.8 Å². The Morgan fingerprint density at radius 2 is 2.00 bits per heavy atom. The van der Waals surface area contributed by atoms with Crippen molar-refractivity contribution in [2.24, 2.45) is 5.73 Å². The van der Waals surface area contributed by atoms with E-state index in [1.54, 1.807) is 0 Å². The van der Waals surface area contributed by atoms with Gasteiger partial charge in [-0.25, -0.2) is 0 Å². The van der Waals surface area contributed by atoms with E-state index in [2.05, 4.69) is 5.16 Å². The van der Waals surface area contributed by atoms with Crippen molar-refractivity contribution in [2.75, 3.05) is 5.73 Å². The molecular weight excluding hydrogens is 225 g/mol. The first kappa shape index (κ1) is 13.0. The molecular formula is C8H11Cl2N3O. The summed E-state index contributed by atoms with van der Waals surface area (Å²) in [7, 11) is 0. The van der Waals surface area contributed by atoms with Crippen LogP contribution in [0.3, 0.4) is 0 Å². The fourth-order valence-corrected chi connectivity index (χ4v) is 1.13. The zero-order valence-corrected chi connectivity index (χ0v) is 8.90. The fraction of sp³-hybridized carbons (Fsp3) is 0.125. The number of aromatic nitrogens is 1. The van der Waals surface area contributed by atoms with Crippen molar-refractivity contribution in [1.29, 1.82) is 0 Å². The lowest BCUT2D eigenvalue weighted by Crippen LogP contribution is -1.95. The molecule has 78 valence electrons. The van der Waals surface area contributed by atoms with Gasteiger partial charge in [0.25, 0.3) is 0 Å². The Morgan fingerprint density at radius 3 is 2.64 bits per heavy atom. The highest BCUT2D eigenvalue weighted by molar-refractivity contribution is 5.87. The molecule has 2 aromatic rings. The van der Waals surface area contributed by atoms with Crippen LogP contribution in [0.2, 0.25) is 0 Å². The molecule has 0 unspecified atom stereocenters. The maximum absolute atomic E-state index is 5.55. The molecule has 0 aliphatic rings. The van der Waals surface area contributed by atoms with Crippen LogP contribution in [0.25, 0.3) is 11.0 Å². The maximum atomic E-state index is 5.55. The standard InChI is InChI=1S/C8H9N3O.2ClH/c9-4-5-1-2-7-6(3-5)8(10)11-12-7;;/h1-3H,4,9H2,(H2,10,11);2*1H. The topological polar surface area (TPSA) is 78.1 Å². The monoisotopic (exact) mass is 235 g/mol. The first-order chi connectivity index (χ1) is 5.81. The lowest BCUT2D eigenvalue weighted by molar-refractivity contribution is 0.460. The third kappa shape index (κ3) is 2.09. The summed E-state index contributed by atoms with van der Waals surface area (Å²) in [5.74, 6) is 0.417. The summed E-state index contributed by atoms with van der Waals surface area (Å²) in [5, 5.41) is 4.46. The first-order valence-electron chi connectivity index (χ1n) is 3.65. The molecule has 0 aliphatic heterocycles. The highest BCUT2D eigenvalue weighted by Crippen LogP contribution is 2.20. The van der Waals surface area contributed by atoms with Gasteiger partial charge in [-0.2, -0.15) is 0 Å². The molecule has 4 nitrogen and oxygen atoms in total. The number of hydrogen-bond acceptors (Lipinski definition) is 4. The van der Waals surface area contributed by atoms with Crippen molar-refractivity contribution in [2.45, 2.75) is 6.54 Å². The minimum absolute atomic E-state index is 0. The molecule has 6 heteroatoms. The zero-order valence-electron chi connectivity index (χ0n) is 7.27. The van der Waals surface area contributed by atoms with Gasteiger partial charge in [-0.1, -0.05) is 11.2 Å². The number of rotatable bonds is 1. The van der Waals surface area contributed by atoms with E-state index < -0.39 is 0 Å². The van der Waals surface area contributed by atoms with Gasteiger partial charge in [0.2, 0.25) is 0 Å². The van der Waals surface area contributed by atoms with Gasteiger partial charge in [0.05, 0.1) is 5.39 Å². The van der Waals surface area contributed by atoms with Crippen molar-refractivity contribution in [3.8, 4) is 0 Å². The minimum atomic E-state index is 0. The second-order valence-electron chi connectivity index (χ2n) is 2.60. The summed E-state index contributed by atoms with van der Waals surface area (Å²) in [6, 6.07) is 5.61. The van der Waals surface area contributed by atoms with E-state index in [0.717, 1.165) is 10.9 Å². The van der Waals surface area contributed by atoms with Gasteiger partial charge in [0, 0.05) is 6.54 Å². The van der Waals surface area contributed by atoms with E-state index in [1.807, 2.05) is 18.2 Å². The van der Waals surface area contributed by atoms with Gasteiger partial charge < -0.3 is 16.0 Å². The van der Waals surface area contributed by atoms with E-state index in [9.17, 15) is 0 Å². The highest BCUT2D eigenvalue weighted by Gasteiger charge is 2.03. The van der Waals surface area contributed by atoms with Crippen LogP contribution in [0.5, 0.6) is 0 Å². The van der Waals surface area contributed by atoms with Crippen LogP contribution < -0.4 is 11.5 Å². The Bertz CT molecular complexity index is 416. The molecule has 14 heavy (non-hydrogen) atoms. The number of fused-ring (bicyclic) bond motifs is 1. The number of hydrogen-bond donors (Lipinski definition) is 2. The van der Waals surface area contributed by atoms with Crippen LogP contribution in [0.4, 0.5) is 5.82 Å². The summed E-state index contributed by atoms with van der Waals surface area (Å²) in [5.41, 5.74) is 12.7. The molecule has 1 heterocycles. The smallest absolute Gasteiger partial charge is 0.174 e. The van der Waals surface area contributed by atoms with Crippen molar-refractivity contribution in [3.63, 3.8) is 0 Å². The molecule has 0 radical (unpaired) electrons. The number of benzene rings is 1. The summed E-state index contributed by atoms with van der Waals surface area (Å²) in [6.07, 6.45) is 0. The van der Waals surface area contributed by atoms with Crippen LogP contribution in [0.1, 0.15) is 5.56 Å². The lowest BCUT2D eigenvalue weighted by atomic mass is 10.1. The van der Waals surface area contributed by atoms with Crippen LogP contribution >= 0.6 is 24.8 Å². The van der Waals surface area contributed by atoms with Gasteiger partial charge in [0.1, 0.15) is 0 Å². The highest BCUT2D eigenvalue weighted by atomic mass is 35.5. The van der Waals surface area contributed by atoms with Gasteiger partial charge >= 0.3 is 0 Å². The van der Waals surface area contributed by atoms with E-state index in [0.29, 0.717) is 17.9 Å². The molecule has 0 spiro atoms. The third-order valence-corrected chi connectivity index (χ3v) is 1.80. The van der Waals surface area contributed by atoms with Crippen LogP contribution in [0, 0.1) is 0 Å². The molecule has 0 atom stereocenters. The average Bonchev–Trinajstić information content (AvgIpc) is 2.47. The normalized spacial score (nSPS) is 9.21.